The normalized spacial score (nSPS) is 10.2. The van der Waals surface area contributed by atoms with Gasteiger partial charge in [0.1, 0.15) is 4.99 Å². The molecule has 1 heterocycles. The van der Waals surface area contributed by atoms with Crippen LogP contribution in [0.2, 0.25) is 5.02 Å². The van der Waals surface area contributed by atoms with Gasteiger partial charge in [0.15, 0.2) is 5.82 Å². The fourth-order valence-electron chi connectivity index (χ4n) is 1.45. The third kappa shape index (κ3) is 2.75. The number of rotatable bonds is 3. The van der Waals surface area contributed by atoms with Crippen LogP contribution in [0.4, 0.5) is 11.5 Å². The van der Waals surface area contributed by atoms with E-state index in [0.29, 0.717) is 15.6 Å². The first-order valence-electron chi connectivity index (χ1n) is 4.92. The van der Waals surface area contributed by atoms with Crippen LogP contribution in [0.5, 0.6) is 0 Å². The van der Waals surface area contributed by atoms with Crippen LogP contribution in [0, 0.1) is 0 Å². The third-order valence-electron chi connectivity index (χ3n) is 2.22. The highest BCUT2D eigenvalue weighted by Crippen LogP contribution is 2.23. The second-order valence-corrected chi connectivity index (χ2v) is 4.43. The van der Waals surface area contributed by atoms with Crippen LogP contribution in [0.3, 0.4) is 0 Å². The topological polar surface area (TPSA) is 55.9 Å². The molecule has 6 heteroatoms. The quantitative estimate of drug-likeness (QED) is 0.838. The zero-order valence-electron chi connectivity index (χ0n) is 9.14. The minimum atomic E-state index is 0.297. The first-order valence-corrected chi connectivity index (χ1v) is 5.71. The van der Waals surface area contributed by atoms with Crippen molar-refractivity contribution in [1.29, 1.82) is 0 Å². The van der Waals surface area contributed by atoms with Crippen LogP contribution < -0.4 is 11.1 Å². The van der Waals surface area contributed by atoms with E-state index >= 15 is 0 Å². The Morgan fingerprint density at radius 1 is 1.47 bits per heavy atom. The summed E-state index contributed by atoms with van der Waals surface area (Å²) in [4.78, 5) is 0.297. The molecule has 17 heavy (non-hydrogen) atoms. The second-order valence-electron chi connectivity index (χ2n) is 3.55. The van der Waals surface area contributed by atoms with Crippen molar-refractivity contribution in [1.82, 2.24) is 9.78 Å². The molecule has 4 nitrogen and oxygen atoms in total. The molecular weight excluding hydrogens is 256 g/mol. The molecule has 0 unspecified atom stereocenters. The Labute approximate surface area is 109 Å². The highest BCUT2D eigenvalue weighted by molar-refractivity contribution is 7.80. The number of anilines is 2. The van der Waals surface area contributed by atoms with E-state index in [1.165, 1.54) is 0 Å². The SMILES string of the molecule is Cn1ccc(Nc2ccc(Cl)cc2C(N)=S)n1. The van der Waals surface area contributed by atoms with E-state index < -0.39 is 0 Å². The van der Waals surface area contributed by atoms with E-state index in [1.807, 2.05) is 25.4 Å². The van der Waals surface area contributed by atoms with Crippen LogP contribution in [-0.2, 0) is 7.05 Å². The first kappa shape index (κ1) is 11.9. The number of nitrogens with zero attached hydrogens (tertiary/aromatic N) is 2. The molecule has 0 saturated heterocycles. The molecule has 2 aromatic rings. The molecule has 0 aliphatic carbocycles. The number of hydrogen-bond donors (Lipinski definition) is 2. The maximum absolute atomic E-state index is 5.91. The zero-order valence-corrected chi connectivity index (χ0v) is 10.7. The molecular formula is C11H11ClN4S. The smallest absolute Gasteiger partial charge is 0.152 e. The molecule has 1 aromatic carbocycles. The van der Waals surface area contributed by atoms with Gasteiger partial charge in [0, 0.05) is 29.9 Å². The maximum Gasteiger partial charge on any atom is 0.152 e. The van der Waals surface area contributed by atoms with Gasteiger partial charge >= 0.3 is 0 Å². The van der Waals surface area contributed by atoms with Crippen LogP contribution >= 0.6 is 23.8 Å². The molecule has 1 aromatic heterocycles. The zero-order chi connectivity index (χ0) is 12.4. The van der Waals surface area contributed by atoms with E-state index in [0.717, 1.165) is 11.5 Å². The molecule has 2 rings (SSSR count). The van der Waals surface area contributed by atoms with Gasteiger partial charge < -0.3 is 11.1 Å². The lowest BCUT2D eigenvalue weighted by Gasteiger charge is -2.09. The van der Waals surface area contributed by atoms with Crippen molar-refractivity contribution in [2.45, 2.75) is 0 Å². The maximum atomic E-state index is 5.91. The number of thiocarbonyl (C=S) groups is 1. The average molecular weight is 267 g/mol. The van der Waals surface area contributed by atoms with Crippen molar-refractivity contribution in [2.75, 3.05) is 5.32 Å². The molecule has 0 radical (unpaired) electrons. The van der Waals surface area contributed by atoms with Gasteiger partial charge in [0.2, 0.25) is 0 Å². The fourth-order valence-corrected chi connectivity index (χ4v) is 1.79. The Morgan fingerprint density at radius 2 is 2.24 bits per heavy atom. The van der Waals surface area contributed by atoms with Gasteiger partial charge in [0.25, 0.3) is 0 Å². The van der Waals surface area contributed by atoms with Gasteiger partial charge in [-0.05, 0) is 18.2 Å². The van der Waals surface area contributed by atoms with E-state index in [2.05, 4.69) is 10.4 Å². The monoisotopic (exact) mass is 266 g/mol. The predicted molar refractivity (Wildman–Crippen MR) is 73.8 cm³/mol. The van der Waals surface area contributed by atoms with Crippen LogP contribution in [-0.4, -0.2) is 14.8 Å². The summed E-state index contributed by atoms with van der Waals surface area (Å²) in [7, 11) is 1.85. The highest BCUT2D eigenvalue weighted by atomic mass is 35.5. The number of hydrogen-bond acceptors (Lipinski definition) is 3. The minimum absolute atomic E-state index is 0.297. The summed E-state index contributed by atoms with van der Waals surface area (Å²) in [5, 5.41) is 7.96. The number of halogens is 1. The summed E-state index contributed by atoms with van der Waals surface area (Å²) < 4.78 is 1.71. The molecule has 0 amide bonds. The Bertz CT molecular complexity index is 564. The summed E-state index contributed by atoms with van der Waals surface area (Å²) in [6.45, 7) is 0. The molecule has 0 saturated carbocycles. The van der Waals surface area contributed by atoms with Crippen molar-refractivity contribution in [3.8, 4) is 0 Å². The molecule has 0 spiro atoms. The average Bonchev–Trinajstić information content (AvgIpc) is 2.66. The van der Waals surface area contributed by atoms with Crippen LogP contribution in [0.25, 0.3) is 0 Å². The Kier molecular flexibility index (Phi) is 3.31. The lowest BCUT2D eigenvalue weighted by atomic mass is 10.2. The molecule has 0 fully saturated rings. The standard InChI is InChI=1S/C11H11ClN4S/c1-16-5-4-10(15-16)14-9-3-2-7(12)6-8(9)11(13)17/h2-6H,1H3,(H2,13,17)(H,14,15). The Balaban J connectivity index is 2.35. The van der Waals surface area contributed by atoms with Crippen LogP contribution in [0.15, 0.2) is 30.5 Å². The number of aryl methyl sites for hydroxylation is 1. The van der Waals surface area contributed by atoms with Gasteiger partial charge in [-0.15, -0.1) is 0 Å². The molecule has 0 aliphatic rings. The number of nitrogens with one attached hydrogen (secondary N) is 1. The van der Waals surface area contributed by atoms with E-state index in [9.17, 15) is 0 Å². The lowest BCUT2D eigenvalue weighted by molar-refractivity contribution is 0.771. The molecule has 3 N–H and O–H groups in total. The van der Waals surface area contributed by atoms with Crippen molar-refractivity contribution in [3.05, 3.63) is 41.0 Å². The molecule has 0 atom stereocenters. The largest absolute Gasteiger partial charge is 0.389 e. The van der Waals surface area contributed by atoms with Gasteiger partial charge in [0.05, 0.1) is 5.69 Å². The number of benzene rings is 1. The van der Waals surface area contributed by atoms with Gasteiger partial charge in [-0.2, -0.15) is 5.10 Å². The van der Waals surface area contributed by atoms with E-state index in [1.54, 1.807) is 16.8 Å². The van der Waals surface area contributed by atoms with Crippen molar-refractivity contribution in [2.24, 2.45) is 12.8 Å². The van der Waals surface area contributed by atoms with Gasteiger partial charge in [-0.3, -0.25) is 4.68 Å². The summed E-state index contributed by atoms with van der Waals surface area (Å²) in [6, 6.07) is 7.19. The summed E-state index contributed by atoms with van der Waals surface area (Å²) in [5.41, 5.74) is 7.15. The fraction of sp³-hybridized carbons (Fsp3) is 0.0909. The number of aromatic nitrogens is 2. The Morgan fingerprint density at radius 3 is 2.82 bits per heavy atom. The van der Waals surface area contributed by atoms with E-state index in [4.69, 9.17) is 29.6 Å². The minimum Gasteiger partial charge on any atom is -0.389 e. The van der Waals surface area contributed by atoms with Crippen molar-refractivity contribution >= 4 is 40.3 Å². The van der Waals surface area contributed by atoms with Crippen molar-refractivity contribution in [3.63, 3.8) is 0 Å². The van der Waals surface area contributed by atoms with Gasteiger partial charge in [-0.1, -0.05) is 23.8 Å². The first-order chi connectivity index (χ1) is 8.06. The molecule has 0 bridgehead atoms. The summed E-state index contributed by atoms with van der Waals surface area (Å²) in [5.74, 6) is 0.729. The molecule has 88 valence electrons. The third-order valence-corrected chi connectivity index (χ3v) is 2.68. The predicted octanol–water partition coefficient (Wildman–Crippen LogP) is 2.45. The molecule has 0 aliphatic heterocycles. The summed E-state index contributed by atoms with van der Waals surface area (Å²) in [6.07, 6.45) is 1.85. The van der Waals surface area contributed by atoms with Crippen molar-refractivity contribution < 1.29 is 0 Å². The van der Waals surface area contributed by atoms with Gasteiger partial charge in [-0.25, -0.2) is 0 Å². The number of nitrogens with two attached hydrogens (primary N) is 1. The van der Waals surface area contributed by atoms with Crippen LogP contribution in [0.1, 0.15) is 5.56 Å². The highest BCUT2D eigenvalue weighted by Gasteiger charge is 2.07. The summed E-state index contributed by atoms with van der Waals surface area (Å²) >= 11 is 10.9. The second kappa shape index (κ2) is 4.73. The Hall–Kier alpha value is -1.59. The lowest BCUT2D eigenvalue weighted by Crippen LogP contribution is -2.12. The van der Waals surface area contributed by atoms with E-state index in [-0.39, 0.29) is 0 Å².